The van der Waals surface area contributed by atoms with E-state index < -0.39 is 0 Å². The first-order valence-electron chi connectivity index (χ1n) is 3.98. The van der Waals surface area contributed by atoms with Gasteiger partial charge in [0.2, 0.25) is 0 Å². The molecular formula is C8H7ClN2O2. The second kappa shape index (κ2) is 2.96. The van der Waals surface area contributed by atoms with Crippen LogP contribution >= 0.6 is 11.6 Å². The van der Waals surface area contributed by atoms with Crippen molar-refractivity contribution in [3.63, 3.8) is 0 Å². The molecule has 0 aliphatic carbocycles. The smallest absolute Gasteiger partial charge is 0.265 e. The topological polar surface area (TPSA) is 52.0 Å². The number of nitrogens with zero attached hydrogens (tertiary/aromatic N) is 2. The maximum absolute atomic E-state index is 11.5. The van der Waals surface area contributed by atoms with Gasteiger partial charge in [-0.2, -0.15) is 0 Å². The van der Waals surface area contributed by atoms with E-state index in [0.717, 1.165) is 12.8 Å². The molecule has 0 saturated carbocycles. The fourth-order valence-corrected chi connectivity index (χ4v) is 1.72. The number of carbonyl (C=O) groups excluding carboxylic acids is 1. The zero-order valence-electron chi connectivity index (χ0n) is 6.79. The second-order valence-corrected chi connectivity index (χ2v) is 3.27. The zero-order chi connectivity index (χ0) is 9.42. The Hall–Kier alpha value is -1.16. The highest BCUT2D eigenvalue weighted by molar-refractivity contribution is 6.31. The Bertz CT molecular complexity index is 425. The van der Waals surface area contributed by atoms with Crippen LogP contribution in [0.3, 0.4) is 0 Å². The monoisotopic (exact) mass is 198 g/mol. The van der Waals surface area contributed by atoms with Crippen LogP contribution in [0.2, 0.25) is 5.15 Å². The summed E-state index contributed by atoms with van der Waals surface area (Å²) in [5.74, 6) is 0.681. The third-order valence-electron chi connectivity index (χ3n) is 2.14. The molecule has 4 nitrogen and oxygen atoms in total. The number of rotatable bonds is 1. The molecule has 1 aliphatic heterocycles. The number of aromatic nitrogens is 2. The number of halogens is 1. The van der Waals surface area contributed by atoms with Crippen molar-refractivity contribution < 1.29 is 4.79 Å². The minimum atomic E-state index is -0.317. The Balaban J connectivity index is 2.77. The van der Waals surface area contributed by atoms with E-state index >= 15 is 0 Å². The zero-order valence-corrected chi connectivity index (χ0v) is 7.54. The molecule has 0 bridgehead atoms. The van der Waals surface area contributed by atoms with Gasteiger partial charge in [0.25, 0.3) is 5.56 Å². The van der Waals surface area contributed by atoms with Crippen LogP contribution < -0.4 is 5.56 Å². The highest BCUT2D eigenvalue weighted by atomic mass is 35.5. The standard InChI is InChI=1S/C8H7ClN2O2/c9-7-5(4-12)8(13)11-3-1-2-6(11)10-7/h4H,1-3H2. The summed E-state index contributed by atoms with van der Waals surface area (Å²) in [6.45, 7) is 0.638. The lowest BCUT2D eigenvalue weighted by Crippen LogP contribution is -2.24. The summed E-state index contributed by atoms with van der Waals surface area (Å²) in [6.07, 6.45) is 2.11. The highest BCUT2D eigenvalue weighted by Gasteiger charge is 2.18. The number of carbonyl (C=O) groups is 1. The molecule has 0 aromatic carbocycles. The number of fused-ring (bicyclic) bond motifs is 1. The van der Waals surface area contributed by atoms with Gasteiger partial charge in [-0.1, -0.05) is 11.6 Å². The molecule has 0 atom stereocenters. The molecule has 0 fully saturated rings. The largest absolute Gasteiger partial charge is 0.298 e. The van der Waals surface area contributed by atoms with E-state index in [9.17, 15) is 9.59 Å². The van der Waals surface area contributed by atoms with Crippen molar-refractivity contribution in [2.75, 3.05) is 0 Å². The fraction of sp³-hybridized carbons (Fsp3) is 0.375. The summed E-state index contributed by atoms with van der Waals surface area (Å²) in [6, 6.07) is 0. The molecule has 0 spiro atoms. The molecule has 0 amide bonds. The number of aldehydes is 1. The Morgan fingerprint density at radius 3 is 3.00 bits per heavy atom. The van der Waals surface area contributed by atoms with Gasteiger partial charge in [0.1, 0.15) is 16.5 Å². The summed E-state index contributed by atoms with van der Waals surface area (Å²) in [5, 5.41) is 0.0214. The van der Waals surface area contributed by atoms with Crippen molar-refractivity contribution in [1.82, 2.24) is 9.55 Å². The van der Waals surface area contributed by atoms with E-state index in [4.69, 9.17) is 11.6 Å². The third-order valence-corrected chi connectivity index (χ3v) is 2.42. The molecule has 68 valence electrons. The van der Waals surface area contributed by atoms with Crippen LogP contribution in [0.15, 0.2) is 4.79 Å². The molecule has 0 saturated heterocycles. The molecule has 2 heterocycles. The van der Waals surface area contributed by atoms with Gasteiger partial charge in [0, 0.05) is 13.0 Å². The average molecular weight is 199 g/mol. The normalized spacial score (nSPS) is 14.2. The van der Waals surface area contributed by atoms with E-state index in [1.54, 1.807) is 0 Å². The van der Waals surface area contributed by atoms with Gasteiger partial charge in [0.05, 0.1) is 0 Å². The van der Waals surface area contributed by atoms with Crippen LogP contribution in [0.4, 0.5) is 0 Å². The van der Waals surface area contributed by atoms with Crippen LogP contribution in [0.1, 0.15) is 22.6 Å². The van der Waals surface area contributed by atoms with Crippen molar-refractivity contribution >= 4 is 17.9 Å². The van der Waals surface area contributed by atoms with Crippen molar-refractivity contribution in [2.24, 2.45) is 0 Å². The fourth-order valence-electron chi connectivity index (χ4n) is 1.50. The number of hydrogen-bond donors (Lipinski definition) is 0. The summed E-state index contributed by atoms with van der Waals surface area (Å²) < 4.78 is 1.51. The third kappa shape index (κ3) is 1.18. The van der Waals surface area contributed by atoms with Crippen molar-refractivity contribution in [3.8, 4) is 0 Å². The predicted octanol–water partition coefficient (Wildman–Crippen LogP) is 0.655. The average Bonchev–Trinajstić information content (AvgIpc) is 2.53. The second-order valence-electron chi connectivity index (χ2n) is 2.91. The first-order valence-corrected chi connectivity index (χ1v) is 4.36. The summed E-state index contributed by atoms with van der Waals surface area (Å²) >= 11 is 5.66. The Kier molecular flexibility index (Phi) is 1.92. The van der Waals surface area contributed by atoms with Crippen LogP contribution in [0.25, 0.3) is 0 Å². The molecule has 0 radical (unpaired) electrons. The summed E-state index contributed by atoms with van der Waals surface area (Å²) in [7, 11) is 0. The summed E-state index contributed by atoms with van der Waals surface area (Å²) in [4.78, 5) is 26.0. The van der Waals surface area contributed by atoms with Crippen LogP contribution in [0.5, 0.6) is 0 Å². The maximum Gasteiger partial charge on any atom is 0.265 e. The van der Waals surface area contributed by atoms with Gasteiger partial charge < -0.3 is 0 Å². The quantitative estimate of drug-likeness (QED) is 0.492. The predicted molar refractivity (Wildman–Crippen MR) is 47.2 cm³/mol. The number of aryl methyl sites for hydroxylation is 1. The molecule has 13 heavy (non-hydrogen) atoms. The summed E-state index contributed by atoms with van der Waals surface area (Å²) in [5.41, 5.74) is -0.352. The maximum atomic E-state index is 11.5. The Labute approximate surface area is 79.2 Å². The van der Waals surface area contributed by atoms with Crippen molar-refractivity contribution in [3.05, 3.63) is 26.9 Å². The minimum absolute atomic E-state index is 0.0214. The molecule has 1 aromatic rings. The van der Waals surface area contributed by atoms with E-state index in [0.29, 0.717) is 18.7 Å². The van der Waals surface area contributed by atoms with Gasteiger partial charge in [-0.3, -0.25) is 14.2 Å². The van der Waals surface area contributed by atoms with Gasteiger partial charge in [-0.25, -0.2) is 4.98 Å². The molecule has 1 aromatic heterocycles. The van der Waals surface area contributed by atoms with E-state index in [-0.39, 0.29) is 16.3 Å². The van der Waals surface area contributed by atoms with Gasteiger partial charge >= 0.3 is 0 Å². The van der Waals surface area contributed by atoms with Gasteiger partial charge in [0.15, 0.2) is 6.29 Å². The molecule has 0 unspecified atom stereocenters. The van der Waals surface area contributed by atoms with Crippen molar-refractivity contribution in [2.45, 2.75) is 19.4 Å². The molecule has 1 aliphatic rings. The highest BCUT2D eigenvalue weighted by Crippen LogP contribution is 2.14. The van der Waals surface area contributed by atoms with Crippen LogP contribution in [0, 0.1) is 0 Å². The molecule has 5 heteroatoms. The van der Waals surface area contributed by atoms with E-state index in [1.165, 1.54) is 4.57 Å². The Morgan fingerprint density at radius 2 is 2.31 bits per heavy atom. The van der Waals surface area contributed by atoms with Crippen LogP contribution in [-0.4, -0.2) is 15.8 Å². The number of hydrogen-bond acceptors (Lipinski definition) is 3. The Morgan fingerprint density at radius 1 is 1.54 bits per heavy atom. The molecule has 0 N–H and O–H groups in total. The lowest BCUT2D eigenvalue weighted by molar-refractivity contribution is 0.112. The first-order chi connectivity index (χ1) is 6.24. The molecule has 2 rings (SSSR count). The van der Waals surface area contributed by atoms with E-state index in [2.05, 4.69) is 4.98 Å². The SMILES string of the molecule is O=Cc1c(Cl)nc2n(c1=O)CCC2. The first kappa shape index (κ1) is 8.44. The van der Waals surface area contributed by atoms with E-state index in [1.807, 2.05) is 0 Å². The van der Waals surface area contributed by atoms with Crippen LogP contribution in [-0.2, 0) is 13.0 Å². The van der Waals surface area contributed by atoms with Crippen molar-refractivity contribution in [1.29, 1.82) is 0 Å². The minimum Gasteiger partial charge on any atom is -0.298 e. The van der Waals surface area contributed by atoms with Gasteiger partial charge in [-0.15, -0.1) is 0 Å². The molecular weight excluding hydrogens is 192 g/mol. The lowest BCUT2D eigenvalue weighted by atomic mass is 10.3. The lowest BCUT2D eigenvalue weighted by Gasteiger charge is -2.03. The van der Waals surface area contributed by atoms with Gasteiger partial charge in [-0.05, 0) is 6.42 Å².